The zero-order valence-electron chi connectivity index (χ0n) is 10.7. The molecule has 0 aromatic carbocycles. The number of rotatable bonds is 6. The predicted molar refractivity (Wildman–Crippen MR) is 72.2 cm³/mol. The summed E-state index contributed by atoms with van der Waals surface area (Å²) in [5.74, 6) is 0.590. The van der Waals surface area contributed by atoms with Crippen LogP contribution in [-0.4, -0.2) is 65.6 Å². The number of aliphatic carboxylic acids is 1. The van der Waals surface area contributed by atoms with Gasteiger partial charge in [-0.05, 0) is 0 Å². The fraction of sp³-hybridized carbons (Fsp3) is 0.727. The lowest BCUT2D eigenvalue weighted by Crippen LogP contribution is -2.44. The fourth-order valence-electron chi connectivity index (χ4n) is 1.61. The monoisotopic (exact) mass is 289 g/mol. The third kappa shape index (κ3) is 7.68. The Balaban J connectivity index is 2.06. The Morgan fingerprint density at radius 1 is 1.16 bits per heavy atom. The fourth-order valence-corrected chi connectivity index (χ4v) is 2.58. The van der Waals surface area contributed by atoms with Gasteiger partial charge in [0.05, 0.1) is 6.42 Å². The Morgan fingerprint density at radius 3 is 2.47 bits per heavy atom. The van der Waals surface area contributed by atoms with Gasteiger partial charge in [0.2, 0.25) is 5.91 Å². The molecule has 1 heterocycles. The van der Waals surface area contributed by atoms with Crippen LogP contribution in [0.1, 0.15) is 12.8 Å². The first kappa shape index (κ1) is 15.8. The summed E-state index contributed by atoms with van der Waals surface area (Å²) < 4.78 is 0. The van der Waals surface area contributed by atoms with Gasteiger partial charge in [-0.1, -0.05) is 0 Å². The maximum absolute atomic E-state index is 11.3. The number of carbonyl (C=O) groups is 3. The first-order chi connectivity index (χ1) is 9.08. The van der Waals surface area contributed by atoms with E-state index in [-0.39, 0.29) is 12.8 Å². The third-order valence-corrected chi connectivity index (χ3v) is 3.58. The maximum Gasteiger partial charge on any atom is 0.321 e. The van der Waals surface area contributed by atoms with Crippen molar-refractivity contribution in [3.8, 4) is 0 Å². The van der Waals surface area contributed by atoms with Crippen molar-refractivity contribution < 1.29 is 19.5 Å². The molecule has 3 N–H and O–H groups in total. The molecule has 1 aliphatic rings. The molecule has 3 amide bonds. The van der Waals surface area contributed by atoms with Crippen LogP contribution in [0.3, 0.4) is 0 Å². The van der Waals surface area contributed by atoms with Crippen molar-refractivity contribution in [2.24, 2.45) is 0 Å². The number of amides is 3. The Kier molecular flexibility index (Phi) is 7.27. The van der Waals surface area contributed by atoms with Crippen molar-refractivity contribution in [2.75, 3.05) is 37.7 Å². The van der Waals surface area contributed by atoms with E-state index in [0.29, 0.717) is 6.54 Å². The van der Waals surface area contributed by atoms with Crippen molar-refractivity contribution in [1.29, 1.82) is 0 Å². The number of carboxylic acids is 1. The van der Waals surface area contributed by atoms with Gasteiger partial charge in [-0.2, -0.15) is 11.8 Å². The summed E-state index contributed by atoms with van der Waals surface area (Å²) in [6.07, 6.45) is -0.462. The van der Waals surface area contributed by atoms with E-state index in [1.165, 1.54) is 0 Å². The average molecular weight is 289 g/mol. The molecule has 19 heavy (non-hydrogen) atoms. The van der Waals surface area contributed by atoms with Crippen LogP contribution >= 0.6 is 11.8 Å². The summed E-state index contributed by atoms with van der Waals surface area (Å²) >= 11 is 1.92. The summed E-state index contributed by atoms with van der Waals surface area (Å²) in [6, 6.07) is -0.568. The highest BCUT2D eigenvalue weighted by Gasteiger charge is 2.11. The van der Waals surface area contributed by atoms with E-state index in [9.17, 15) is 14.4 Å². The van der Waals surface area contributed by atoms with E-state index in [0.717, 1.165) is 31.1 Å². The maximum atomic E-state index is 11.3. The lowest BCUT2D eigenvalue weighted by Gasteiger charge is -2.25. The van der Waals surface area contributed by atoms with E-state index >= 15 is 0 Å². The minimum absolute atomic E-state index is 0.188. The number of thioether (sulfide) groups is 1. The molecule has 0 unspecified atom stereocenters. The predicted octanol–water partition coefficient (Wildman–Crippen LogP) is -0.274. The topological polar surface area (TPSA) is 98.7 Å². The van der Waals surface area contributed by atoms with Crippen LogP contribution in [0, 0.1) is 0 Å². The molecular formula is C11H19N3O4S. The minimum atomic E-state index is -1.06. The van der Waals surface area contributed by atoms with Crippen molar-refractivity contribution in [3.63, 3.8) is 0 Å². The molecule has 108 valence electrons. The number of imide groups is 1. The molecule has 0 saturated carbocycles. The molecule has 8 heteroatoms. The van der Waals surface area contributed by atoms with Crippen LogP contribution in [0.5, 0.6) is 0 Å². The number of hydrogen-bond acceptors (Lipinski definition) is 5. The summed E-state index contributed by atoms with van der Waals surface area (Å²) in [5.41, 5.74) is 0. The van der Waals surface area contributed by atoms with Crippen LogP contribution in [0.15, 0.2) is 0 Å². The first-order valence-corrected chi connectivity index (χ1v) is 7.33. The molecule has 7 nitrogen and oxygen atoms in total. The number of nitrogens with zero attached hydrogens (tertiary/aromatic N) is 1. The van der Waals surface area contributed by atoms with Gasteiger partial charge in [-0.3, -0.25) is 19.8 Å². The molecule has 0 aliphatic carbocycles. The van der Waals surface area contributed by atoms with Crippen molar-refractivity contribution >= 4 is 29.7 Å². The van der Waals surface area contributed by atoms with Crippen LogP contribution < -0.4 is 10.6 Å². The average Bonchev–Trinajstić information content (AvgIpc) is 2.37. The molecule has 0 aromatic heterocycles. The van der Waals surface area contributed by atoms with Crippen LogP contribution in [0.4, 0.5) is 4.79 Å². The molecule has 0 aromatic rings. The van der Waals surface area contributed by atoms with E-state index < -0.39 is 17.9 Å². The van der Waals surface area contributed by atoms with Crippen molar-refractivity contribution in [3.05, 3.63) is 0 Å². The number of hydrogen-bond donors (Lipinski definition) is 3. The number of carboxylic acid groups (broad SMARTS) is 1. The molecule has 0 radical (unpaired) electrons. The Hall–Kier alpha value is -1.28. The Labute approximate surface area is 116 Å². The molecule has 1 rings (SSSR count). The number of nitrogens with one attached hydrogen (secondary N) is 2. The van der Waals surface area contributed by atoms with E-state index in [1.54, 1.807) is 0 Å². The lowest BCUT2D eigenvalue weighted by molar-refractivity contribution is -0.138. The first-order valence-electron chi connectivity index (χ1n) is 6.17. The molecule has 0 atom stereocenters. The second-order valence-corrected chi connectivity index (χ2v) is 5.38. The summed E-state index contributed by atoms with van der Waals surface area (Å²) in [5, 5.41) is 13.1. The van der Waals surface area contributed by atoms with Gasteiger partial charge < -0.3 is 10.4 Å². The molecule has 1 aliphatic heterocycles. The highest BCUT2D eigenvalue weighted by molar-refractivity contribution is 7.99. The summed E-state index contributed by atoms with van der Waals surface area (Å²) in [7, 11) is 0. The van der Waals surface area contributed by atoms with Gasteiger partial charge in [-0.15, -0.1) is 0 Å². The zero-order valence-corrected chi connectivity index (χ0v) is 11.5. The third-order valence-electron chi connectivity index (χ3n) is 2.64. The van der Waals surface area contributed by atoms with E-state index in [1.807, 2.05) is 11.8 Å². The highest BCUT2D eigenvalue weighted by Crippen LogP contribution is 2.07. The quantitative estimate of drug-likeness (QED) is 0.622. The van der Waals surface area contributed by atoms with Gasteiger partial charge >= 0.3 is 12.0 Å². The SMILES string of the molecule is O=C(O)CCC(=O)NC(=O)NCCN1CCSCC1. The molecule has 0 bridgehead atoms. The van der Waals surface area contributed by atoms with Crippen molar-refractivity contribution in [1.82, 2.24) is 15.5 Å². The summed E-state index contributed by atoms with van der Waals surface area (Å²) in [4.78, 5) is 35.0. The van der Waals surface area contributed by atoms with Gasteiger partial charge in [0, 0.05) is 44.1 Å². The molecule has 1 saturated heterocycles. The molecule has 0 spiro atoms. The van der Waals surface area contributed by atoms with E-state index in [4.69, 9.17) is 5.11 Å². The zero-order chi connectivity index (χ0) is 14.1. The van der Waals surface area contributed by atoms with Gasteiger partial charge in [0.25, 0.3) is 0 Å². The van der Waals surface area contributed by atoms with Gasteiger partial charge in [-0.25, -0.2) is 4.79 Å². The van der Waals surface area contributed by atoms with E-state index in [2.05, 4.69) is 15.5 Å². The van der Waals surface area contributed by atoms with Crippen molar-refractivity contribution in [2.45, 2.75) is 12.8 Å². The molecular weight excluding hydrogens is 270 g/mol. The van der Waals surface area contributed by atoms with Crippen LogP contribution in [0.25, 0.3) is 0 Å². The lowest BCUT2D eigenvalue weighted by atomic mass is 10.3. The minimum Gasteiger partial charge on any atom is -0.481 e. The van der Waals surface area contributed by atoms with Gasteiger partial charge in [0.15, 0.2) is 0 Å². The second-order valence-electron chi connectivity index (χ2n) is 4.15. The Bertz CT molecular complexity index is 332. The normalized spacial score (nSPS) is 15.8. The Morgan fingerprint density at radius 2 is 1.84 bits per heavy atom. The van der Waals surface area contributed by atoms with Gasteiger partial charge in [0.1, 0.15) is 0 Å². The van der Waals surface area contributed by atoms with Crippen LogP contribution in [0.2, 0.25) is 0 Å². The second kappa shape index (κ2) is 8.76. The number of urea groups is 1. The smallest absolute Gasteiger partial charge is 0.321 e. The highest BCUT2D eigenvalue weighted by atomic mass is 32.2. The summed E-state index contributed by atoms with van der Waals surface area (Å²) in [6.45, 7) is 3.27. The standard InChI is InChI=1S/C11H19N3O4S/c15-9(1-2-10(16)17)13-11(18)12-3-4-14-5-7-19-8-6-14/h1-8H2,(H,16,17)(H2,12,13,15,18). The molecule has 1 fully saturated rings. The largest absolute Gasteiger partial charge is 0.481 e. The van der Waals surface area contributed by atoms with Crippen LogP contribution in [-0.2, 0) is 9.59 Å². The number of carbonyl (C=O) groups excluding carboxylic acids is 2.